The molecule has 0 amide bonds. The number of carbonyl (C=O) groups is 1. The Balaban J connectivity index is 2.23. The highest BCUT2D eigenvalue weighted by molar-refractivity contribution is 5.69. The molecule has 0 N–H and O–H groups in total. The Labute approximate surface area is 124 Å². The topological polar surface area (TPSA) is 72.1 Å². The van der Waals surface area contributed by atoms with Crippen molar-refractivity contribution in [3.63, 3.8) is 0 Å². The number of esters is 1. The fourth-order valence-corrected chi connectivity index (χ4v) is 2.70. The predicted octanol–water partition coefficient (Wildman–Crippen LogP) is 2.33. The molecule has 1 heterocycles. The molecule has 0 spiro atoms. The number of rotatable bonds is 4. The van der Waals surface area contributed by atoms with E-state index in [-0.39, 0.29) is 24.1 Å². The van der Waals surface area contributed by atoms with Crippen LogP contribution >= 0.6 is 0 Å². The van der Waals surface area contributed by atoms with Crippen molar-refractivity contribution < 1.29 is 9.53 Å². The first-order valence-electron chi connectivity index (χ1n) is 7.36. The van der Waals surface area contributed by atoms with Crippen molar-refractivity contribution in [3.8, 4) is 6.07 Å². The van der Waals surface area contributed by atoms with Crippen LogP contribution in [0.5, 0.6) is 0 Å². The minimum atomic E-state index is -0.424. The Morgan fingerprint density at radius 2 is 2.10 bits per heavy atom. The van der Waals surface area contributed by atoms with Gasteiger partial charge in [0.25, 0.3) is 5.56 Å². The third kappa shape index (κ3) is 3.52. The quantitative estimate of drug-likeness (QED) is 0.797. The van der Waals surface area contributed by atoms with Crippen molar-refractivity contribution in [3.05, 3.63) is 33.7 Å². The number of aromatic nitrogens is 1. The lowest BCUT2D eigenvalue weighted by molar-refractivity contribution is -0.149. The van der Waals surface area contributed by atoms with Gasteiger partial charge in [0.2, 0.25) is 0 Å². The summed E-state index contributed by atoms with van der Waals surface area (Å²) >= 11 is 0. The molecule has 0 unspecified atom stereocenters. The number of nitriles is 1. The van der Waals surface area contributed by atoms with Crippen molar-refractivity contribution in [2.24, 2.45) is 0 Å². The Morgan fingerprint density at radius 3 is 2.67 bits per heavy atom. The summed E-state index contributed by atoms with van der Waals surface area (Å²) in [7, 11) is 0. The molecule has 0 bridgehead atoms. The molecule has 1 aliphatic carbocycles. The summed E-state index contributed by atoms with van der Waals surface area (Å²) in [6, 6.07) is 5.10. The minimum Gasteiger partial charge on any atom is -0.461 e. The monoisotopic (exact) mass is 288 g/mol. The van der Waals surface area contributed by atoms with E-state index in [1.165, 1.54) is 10.6 Å². The second-order valence-corrected chi connectivity index (χ2v) is 5.73. The lowest BCUT2D eigenvalue weighted by Crippen LogP contribution is -2.31. The maximum Gasteiger partial charge on any atom is 0.326 e. The molecule has 1 aromatic heterocycles. The molecule has 21 heavy (non-hydrogen) atoms. The van der Waals surface area contributed by atoms with Gasteiger partial charge in [0.15, 0.2) is 0 Å². The zero-order valence-corrected chi connectivity index (χ0v) is 12.5. The van der Waals surface area contributed by atoms with Crippen molar-refractivity contribution in [2.75, 3.05) is 0 Å². The number of hydrogen-bond donors (Lipinski definition) is 0. The standard InChI is InChI=1S/C16H20N2O3/c1-11(2)14-8-7-12(9-17)16(20)18(14)10-15(19)21-13-5-3-4-6-13/h7-8,11,13H,3-6,10H2,1-2H3. The van der Waals surface area contributed by atoms with Crippen LogP contribution < -0.4 is 5.56 Å². The first-order chi connectivity index (χ1) is 10.0. The molecule has 2 rings (SSSR count). The summed E-state index contributed by atoms with van der Waals surface area (Å²) < 4.78 is 6.76. The van der Waals surface area contributed by atoms with E-state index in [0.717, 1.165) is 31.4 Å². The molecule has 112 valence electrons. The van der Waals surface area contributed by atoms with Crippen LogP contribution in [0, 0.1) is 11.3 Å². The highest BCUT2D eigenvalue weighted by Gasteiger charge is 2.21. The van der Waals surface area contributed by atoms with Crippen LogP contribution in [0.15, 0.2) is 16.9 Å². The van der Waals surface area contributed by atoms with Gasteiger partial charge in [-0.05, 0) is 43.7 Å². The Morgan fingerprint density at radius 1 is 1.43 bits per heavy atom. The first-order valence-corrected chi connectivity index (χ1v) is 7.36. The van der Waals surface area contributed by atoms with Crippen LogP contribution in [-0.4, -0.2) is 16.6 Å². The normalized spacial score (nSPS) is 15.1. The lowest BCUT2D eigenvalue weighted by atomic mass is 10.1. The van der Waals surface area contributed by atoms with Gasteiger partial charge < -0.3 is 9.30 Å². The molecule has 0 radical (unpaired) electrons. The largest absolute Gasteiger partial charge is 0.461 e. The zero-order valence-electron chi connectivity index (χ0n) is 12.5. The summed E-state index contributed by atoms with van der Waals surface area (Å²) in [5.74, 6) is -0.314. The molecular weight excluding hydrogens is 268 g/mol. The van der Waals surface area contributed by atoms with Gasteiger partial charge in [-0.25, -0.2) is 0 Å². The summed E-state index contributed by atoms with van der Waals surface area (Å²) in [6.45, 7) is 3.76. The first kappa shape index (κ1) is 15.3. The molecule has 1 aromatic rings. The molecular formula is C16H20N2O3. The summed E-state index contributed by atoms with van der Waals surface area (Å²) in [4.78, 5) is 24.3. The minimum absolute atomic E-state index is 0.0187. The van der Waals surface area contributed by atoms with E-state index in [1.807, 2.05) is 19.9 Å². The van der Waals surface area contributed by atoms with Crippen molar-refractivity contribution in [2.45, 2.75) is 58.1 Å². The van der Waals surface area contributed by atoms with Crippen molar-refractivity contribution >= 4 is 5.97 Å². The van der Waals surface area contributed by atoms with E-state index in [9.17, 15) is 9.59 Å². The van der Waals surface area contributed by atoms with Crippen LogP contribution in [0.25, 0.3) is 0 Å². The fraction of sp³-hybridized carbons (Fsp3) is 0.562. The molecule has 1 aliphatic rings. The molecule has 5 nitrogen and oxygen atoms in total. The Kier molecular flexibility index (Phi) is 4.79. The zero-order chi connectivity index (χ0) is 15.4. The van der Waals surface area contributed by atoms with Gasteiger partial charge in [-0.3, -0.25) is 9.59 Å². The van der Waals surface area contributed by atoms with Gasteiger partial charge >= 0.3 is 5.97 Å². The van der Waals surface area contributed by atoms with Gasteiger partial charge in [-0.15, -0.1) is 0 Å². The second-order valence-electron chi connectivity index (χ2n) is 5.73. The van der Waals surface area contributed by atoms with Gasteiger partial charge in [-0.2, -0.15) is 5.26 Å². The Hall–Kier alpha value is -2.09. The summed E-state index contributed by atoms with van der Waals surface area (Å²) in [6.07, 6.45) is 3.94. The van der Waals surface area contributed by atoms with Crippen LogP contribution in [0.4, 0.5) is 0 Å². The molecule has 5 heteroatoms. The maximum absolute atomic E-state index is 12.2. The average molecular weight is 288 g/mol. The smallest absolute Gasteiger partial charge is 0.326 e. The fourth-order valence-electron chi connectivity index (χ4n) is 2.70. The number of ether oxygens (including phenoxy) is 1. The molecule has 0 aromatic carbocycles. The van der Waals surface area contributed by atoms with Gasteiger partial charge in [0, 0.05) is 5.69 Å². The van der Waals surface area contributed by atoms with Gasteiger partial charge in [0.1, 0.15) is 24.3 Å². The molecule has 1 saturated carbocycles. The van der Waals surface area contributed by atoms with E-state index < -0.39 is 11.5 Å². The van der Waals surface area contributed by atoms with Gasteiger partial charge in [0.05, 0.1) is 0 Å². The van der Waals surface area contributed by atoms with Gasteiger partial charge in [-0.1, -0.05) is 13.8 Å². The summed E-state index contributed by atoms with van der Waals surface area (Å²) in [5, 5.41) is 8.96. The number of carbonyl (C=O) groups excluding carboxylic acids is 1. The van der Waals surface area contributed by atoms with E-state index in [4.69, 9.17) is 10.00 Å². The number of nitrogens with zero attached hydrogens (tertiary/aromatic N) is 2. The predicted molar refractivity (Wildman–Crippen MR) is 77.9 cm³/mol. The maximum atomic E-state index is 12.2. The SMILES string of the molecule is CC(C)c1ccc(C#N)c(=O)n1CC(=O)OC1CCCC1. The van der Waals surface area contributed by atoms with Crippen molar-refractivity contribution in [1.29, 1.82) is 5.26 Å². The number of hydrogen-bond acceptors (Lipinski definition) is 4. The average Bonchev–Trinajstić information content (AvgIpc) is 2.93. The highest BCUT2D eigenvalue weighted by Crippen LogP contribution is 2.21. The van der Waals surface area contributed by atoms with E-state index in [0.29, 0.717) is 0 Å². The van der Waals surface area contributed by atoms with Crippen LogP contribution in [0.2, 0.25) is 0 Å². The molecule has 0 aliphatic heterocycles. The molecule has 1 fully saturated rings. The van der Waals surface area contributed by atoms with Crippen molar-refractivity contribution in [1.82, 2.24) is 4.57 Å². The van der Waals surface area contributed by atoms with E-state index in [2.05, 4.69) is 0 Å². The third-order valence-electron chi connectivity index (χ3n) is 3.81. The van der Waals surface area contributed by atoms with E-state index >= 15 is 0 Å². The van der Waals surface area contributed by atoms with Crippen LogP contribution in [0.1, 0.15) is 56.7 Å². The third-order valence-corrected chi connectivity index (χ3v) is 3.81. The molecule has 0 saturated heterocycles. The number of pyridine rings is 1. The second kappa shape index (κ2) is 6.57. The van der Waals surface area contributed by atoms with E-state index in [1.54, 1.807) is 6.07 Å². The van der Waals surface area contributed by atoms with Crippen LogP contribution in [-0.2, 0) is 16.1 Å². The highest BCUT2D eigenvalue weighted by atomic mass is 16.5. The Bertz CT molecular complexity index is 619. The molecule has 0 atom stereocenters. The lowest BCUT2D eigenvalue weighted by Gasteiger charge is -2.17. The summed E-state index contributed by atoms with van der Waals surface area (Å²) in [5.41, 5.74) is 0.363. The van der Waals surface area contributed by atoms with Crippen LogP contribution in [0.3, 0.4) is 0 Å².